The zero-order valence-corrected chi connectivity index (χ0v) is 13.8. The molecule has 1 atom stereocenters. The Morgan fingerprint density at radius 1 is 1.38 bits per heavy atom. The van der Waals surface area contributed by atoms with E-state index in [0.717, 1.165) is 0 Å². The lowest BCUT2D eigenvalue weighted by molar-refractivity contribution is -0.145. The summed E-state index contributed by atoms with van der Waals surface area (Å²) in [5.74, 6) is -2.17. The van der Waals surface area contributed by atoms with Crippen LogP contribution in [0.2, 0.25) is 0 Å². The first-order chi connectivity index (χ1) is 11.3. The first kappa shape index (κ1) is 17.7. The number of carbonyl (C=O) groups is 3. The number of pyridine rings is 1. The van der Waals surface area contributed by atoms with Gasteiger partial charge in [0.05, 0.1) is 12.5 Å². The first-order valence-corrected chi connectivity index (χ1v) is 7.72. The molecule has 1 N–H and O–H groups in total. The third-order valence-electron chi connectivity index (χ3n) is 4.19. The summed E-state index contributed by atoms with van der Waals surface area (Å²) in [7, 11) is 3.06. The lowest BCUT2D eigenvalue weighted by Crippen LogP contribution is -2.47. The van der Waals surface area contributed by atoms with Crippen molar-refractivity contribution in [1.82, 2.24) is 14.4 Å². The van der Waals surface area contributed by atoms with E-state index in [2.05, 4.69) is 0 Å². The molecule has 1 aliphatic rings. The molecule has 1 saturated heterocycles. The monoisotopic (exact) mass is 335 g/mol. The number of aliphatic carboxylic acids is 1. The smallest absolute Gasteiger partial charge is 0.308 e. The molecule has 24 heavy (non-hydrogen) atoms. The molecule has 1 unspecified atom stereocenters. The number of amides is 2. The van der Waals surface area contributed by atoms with E-state index in [1.807, 2.05) is 0 Å². The highest BCUT2D eigenvalue weighted by atomic mass is 16.4. The molecular weight excluding hydrogens is 314 g/mol. The number of likely N-dealkylation sites (tertiary alicyclic amines) is 1. The third-order valence-corrected chi connectivity index (χ3v) is 4.19. The van der Waals surface area contributed by atoms with Crippen molar-refractivity contribution in [2.24, 2.45) is 13.0 Å². The molecule has 1 aromatic rings. The molecule has 1 aliphatic heterocycles. The quantitative estimate of drug-likeness (QED) is 0.820. The van der Waals surface area contributed by atoms with Crippen LogP contribution in [0.4, 0.5) is 0 Å². The lowest BCUT2D eigenvalue weighted by Gasteiger charge is -2.32. The molecule has 1 aromatic heterocycles. The van der Waals surface area contributed by atoms with Crippen molar-refractivity contribution in [3.8, 4) is 0 Å². The Morgan fingerprint density at radius 3 is 2.71 bits per heavy atom. The Kier molecular flexibility index (Phi) is 5.38. The molecule has 0 saturated carbocycles. The minimum absolute atomic E-state index is 0.152. The molecule has 130 valence electrons. The molecule has 0 aliphatic carbocycles. The highest BCUT2D eigenvalue weighted by Crippen LogP contribution is 2.17. The van der Waals surface area contributed by atoms with Crippen LogP contribution in [-0.2, 0) is 16.6 Å². The van der Waals surface area contributed by atoms with Crippen LogP contribution in [0.25, 0.3) is 0 Å². The van der Waals surface area contributed by atoms with Gasteiger partial charge in [-0.05, 0) is 18.9 Å². The fraction of sp³-hybridized carbons (Fsp3) is 0.500. The number of aromatic nitrogens is 1. The maximum Gasteiger partial charge on any atom is 0.308 e. The van der Waals surface area contributed by atoms with Gasteiger partial charge in [0.1, 0.15) is 0 Å². The average molecular weight is 335 g/mol. The fourth-order valence-electron chi connectivity index (χ4n) is 2.68. The highest BCUT2D eigenvalue weighted by Gasteiger charge is 2.29. The molecular formula is C16H21N3O5. The molecule has 2 rings (SSSR count). The minimum Gasteiger partial charge on any atom is -0.481 e. The van der Waals surface area contributed by atoms with Gasteiger partial charge in [-0.3, -0.25) is 19.2 Å². The number of likely N-dealkylation sites (N-methyl/N-ethyl adjacent to an activating group) is 1. The fourth-order valence-corrected chi connectivity index (χ4v) is 2.68. The number of aryl methyl sites for hydroxylation is 1. The number of rotatable bonds is 4. The predicted molar refractivity (Wildman–Crippen MR) is 85.6 cm³/mol. The summed E-state index contributed by atoms with van der Waals surface area (Å²) in [5.41, 5.74) is -0.0867. The van der Waals surface area contributed by atoms with Gasteiger partial charge in [0.25, 0.3) is 11.5 Å². The number of nitrogens with zero attached hydrogens (tertiary/aromatic N) is 3. The van der Waals surface area contributed by atoms with E-state index in [0.29, 0.717) is 19.4 Å². The summed E-state index contributed by atoms with van der Waals surface area (Å²) in [6.45, 7) is 0.513. The van der Waals surface area contributed by atoms with Crippen LogP contribution in [0, 0.1) is 5.92 Å². The summed E-state index contributed by atoms with van der Waals surface area (Å²) >= 11 is 0. The average Bonchev–Trinajstić information content (AvgIpc) is 2.56. The summed E-state index contributed by atoms with van der Waals surface area (Å²) in [6.07, 6.45) is 2.68. The summed E-state index contributed by atoms with van der Waals surface area (Å²) in [4.78, 5) is 50.0. The Balaban J connectivity index is 2.00. The highest BCUT2D eigenvalue weighted by molar-refractivity contribution is 5.96. The summed E-state index contributed by atoms with van der Waals surface area (Å²) < 4.78 is 1.35. The van der Waals surface area contributed by atoms with Gasteiger partial charge in [0, 0.05) is 45.0 Å². The standard InChI is InChI=1S/C16H21N3O5/c1-17-7-5-11(8-13(17)20)15(22)18(2)10-14(21)19-6-3-4-12(9-19)16(23)24/h5,7-8,12H,3-4,6,9-10H2,1-2H3,(H,23,24). The molecule has 8 heteroatoms. The predicted octanol–water partition coefficient (Wildman–Crippen LogP) is -0.219. The largest absolute Gasteiger partial charge is 0.481 e. The van der Waals surface area contributed by atoms with Crippen LogP contribution < -0.4 is 5.56 Å². The van der Waals surface area contributed by atoms with Gasteiger partial charge in [-0.15, -0.1) is 0 Å². The van der Waals surface area contributed by atoms with Gasteiger partial charge in [-0.25, -0.2) is 0 Å². The van der Waals surface area contributed by atoms with E-state index in [1.54, 1.807) is 7.05 Å². The summed E-state index contributed by atoms with van der Waals surface area (Å²) in [5, 5.41) is 9.07. The van der Waals surface area contributed by atoms with E-state index in [1.165, 1.54) is 39.7 Å². The SMILES string of the molecule is CN(CC(=O)N1CCCC(C(=O)O)C1)C(=O)c1ccn(C)c(=O)c1. The Morgan fingerprint density at radius 2 is 2.08 bits per heavy atom. The Hall–Kier alpha value is -2.64. The van der Waals surface area contributed by atoms with Crippen LogP contribution in [0.5, 0.6) is 0 Å². The van der Waals surface area contributed by atoms with Crippen molar-refractivity contribution in [1.29, 1.82) is 0 Å². The first-order valence-electron chi connectivity index (χ1n) is 7.72. The van der Waals surface area contributed by atoms with Crippen LogP contribution in [0.3, 0.4) is 0 Å². The van der Waals surface area contributed by atoms with Crippen LogP contribution in [-0.4, -0.2) is 63.9 Å². The number of carboxylic acids is 1. The van der Waals surface area contributed by atoms with Crippen molar-refractivity contribution in [3.05, 3.63) is 34.2 Å². The third kappa shape index (κ3) is 4.01. The van der Waals surface area contributed by atoms with Crippen LogP contribution in [0.1, 0.15) is 23.2 Å². The number of piperidine rings is 1. The second-order valence-electron chi connectivity index (χ2n) is 6.04. The Bertz CT molecular complexity index is 712. The number of hydrogen-bond donors (Lipinski definition) is 1. The van der Waals surface area contributed by atoms with Gasteiger partial charge < -0.3 is 19.5 Å². The topological polar surface area (TPSA) is 99.9 Å². The zero-order chi connectivity index (χ0) is 17.9. The molecule has 0 spiro atoms. The van der Waals surface area contributed by atoms with Crippen molar-refractivity contribution in [2.45, 2.75) is 12.8 Å². The zero-order valence-electron chi connectivity index (χ0n) is 13.8. The van der Waals surface area contributed by atoms with Crippen molar-refractivity contribution in [2.75, 3.05) is 26.7 Å². The van der Waals surface area contributed by atoms with Crippen LogP contribution in [0.15, 0.2) is 23.1 Å². The van der Waals surface area contributed by atoms with Crippen molar-refractivity contribution < 1.29 is 19.5 Å². The number of hydrogen-bond acceptors (Lipinski definition) is 4. The van der Waals surface area contributed by atoms with E-state index < -0.39 is 17.8 Å². The van der Waals surface area contributed by atoms with Crippen LogP contribution >= 0.6 is 0 Å². The lowest BCUT2D eigenvalue weighted by atomic mass is 9.98. The molecule has 0 radical (unpaired) electrons. The summed E-state index contributed by atoms with van der Waals surface area (Å²) in [6, 6.07) is 2.75. The molecule has 2 heterocycles. The van der Waals surface area contributed by atoms with Gasteiger partial charge in [0.2, 0.25) is 5.91 Å². The second-order valence-corrected chi connectivity index (χ2v) is 6.04. The molecule has 1 fully saturated rings. The Labute approximate surface area is 139 Å². The van der Waals surface area contributed by atoms with E-state index in [-0.39, 0.29) is 30.1 Å². The second kappa shape index (κ2) is 7.29. The maximum atomic E-state index is 12.3. The minimum atomic E-state index is -0.905. The molecule has 0 bridgehead atoms. The van der Waals surface area contributed by atoms with Gasteiger partial charge >= 0.3 is 5.97 Å². The van der Waals surface area contributed by atoms with Gasteiger partial charge in [-0.1, -0.05) is 0 Å². The van der Waals surface area contributed by atoms with E-state index in [9.17, 15) is 19.2 Å². The van der Waals surface area contributed by atoms with Gasteiger partial charge in [0.15, 0.2) is 0 Å². The molecule has 2 amide bonds. The van der Waals surface area contributed by atoms with E-state index in [4.69, 9.17) is 5.11 Å². The van der Waals surface area contributed by atoms with Gasteiger partial charge in [-0.2, -0.15) is 0 Å². The maximum absolute atomic E-state index is 12.3. The number of carboxylic acid groups (broad SMARTS) is 1. The van der Waals surface area contributed by atoms with Crippen molar-refractivity contribution in [3.63, 3.8) is 0 Å². The normalized spacial score (nSPS) is 17.4. The number of carbonyl (C=O) groups excluding carboxylic acids is 2. The molecule has 0 aromatic carbocycles. The molecule has 8 nitrogen and oxygen atoms in total. The van der Waals surface area contributed by atoms with E-state index >= 15 is 0 Å². The van der Waals surface area contributed by atoms with Crippen molar-refractivity contribution >= 4 is 17.8 Å².